The maximum atomic E-state index is 14.2. The summed E-state index contributed by atoms with van der Waals surface area (Å²) in [6.45, 7) is 0.936. The number of hydrogen-bond donors (Lipinski definition) is 0. The first kappa shape index (κ1) is 22.8. The van der Waals surface area contributed by atoms with Gasteiger partial charge in [0, 0.05) is 25.4 Å². The van der Waals surface area contributed by atoms with E-state index in [1.54, 1.807) is 0 Å². The molecular formula is C32H29NO2. The smallest absolute Gasteiger partial charge is 0.234 e. The summed E-state index contributed by atoms with van der Waals surface area (Å²) in [7, 11) is 0. The van der Waals surface area contributed by atoms with E-state index in [9.17, 15) is 9.59 Å². The van der Waals surface area contributed by atoms with Crippen LogP contribution in [-0.4, -0.2) is 16.6 Å². The predicted octanol–water partition coefficient (Wildman–Crippen LogP) is 6.37. The average molecular weight is 460 g/mol. The normalized spacial score (nSPS) is 19.4. The van der Waals surface area contributed by atoms with E-state index in [4.69, 9.17) is 0 Å². The number of carbonyl (C=O) groups excluding carboxylic acids is 2. The third kappa shape index (κ3) is 5.09. The molecule has 0 aliphatic heterocycles. The van der Waals surface area contributed by atoms with Crippen molar-refractivity contribution in [3.63, 3.8) is 0 Å². The van der Waals surface area contributed by atoms with Gasteiger partial charge in [0.25, 0.3) is 0 Å². The number of nitrogens with zero attached hydrogens (tertiary/aromatic N) is 1. The molecule has 35 heavy (non-hydrogen) atoms. The Balaban J connectivity index is 1.52. The van der Waals surface area contributed by atoms with Crippen LogP contribution in [0, 0.1) is 5.92 Å². The van der Waals surface area contributed by atoms with Crippen LogP contribution in [0.25, 0.3) is 0 Å². The molecule has 0 unspecified atom stereocenters. The van der Waals surface area contributed by atoms with Crippen LogP contribution < -0.4 is 0 Å². The van der Waals surface area contributed by atoms with Gasteiger partial charge < -0.3 is 4.90 Å². The van der Waals surface area contributed by atoms with E-state index in [0.29, 0.717) is 19.5 Å². The molecule has 3 nitrogen and oxygen atoms in total. The topological polar surface area (TPSA) is 37.4 Å². The van der Waals surface area contributed by atoms with Gasteiger partial charge in [-0.05, 0) is 28.2 Å². The molecule has 5 rings (SSSR count). The molecule has 0 spiro atoms. The molecule has 0 aromatic heterocycles. The van der Waals surface area contributed by atoms with Crippen molar-refractivity contribution < 1.29 is 9.59 Å². The summed E-state index contributed by atoms with van der Waals surface area (Å²) in [5, 5.41) is 0. The van der Waals surface area contributed by atoms with Gasteiger partial charge in [-0.2, -0.15) is 0 Å². The van der Waals surface area contributed by atoms with E-state index in [2.05, 4.69) is 24.3 Å². The predicted molar refractivity (Wildman–Crippen MR) is 139 cm³/mol. The van der Waals surface area contributed by atoms with Gasteiger partial charge in [-0.15, -0.1) is 0 Å². The largest absolute Gasteiger partial charge is 0.333 e. The minimum absolute atomic E-state index is 0.0182. The molecule has 0 heterocycles. The number of hydrogen-bond acceptors (Lipinski definition) is 2. The average Bonchev–Trinajstić information content (AvgIpc) is 3.27. The van der Waals surface area contributed by atoms with E-state index in [1.165, 1.54) is 0 Å². The Morgan fingerprint density at radius 1 is 0.629 bits per heavy atom. The van der Waals surface area contributed by atoms with Crippen molar-refractivity contribution in [3.05, 3.63) is 144 Å². The monoisotopic (exact) mass is 459 g/mol. The molecule has 4 aromatic rings. The zero-order chi connectivity index (χ0) is 24.0. The van der Waals surface area contributed by atoms with Gasteiger partial charge in [0.1, 0.15) is 11.7 Å². The molecule has 174 valence electrons. The van der Waals surface area contributed by atoms with Crippen molar-refractivity contribution in [2.75, 3.05) is 0 Å². The van der Waals surface area contributed by atoms with Crippen molar-refractivity contribution in [1.82, 2.24) is 4.90 Å². The van der Waals surface area contributed by atoms with Crippen molar-refractivity contribution in [2.24, 2.45) is 5.92 Å². The second-order valence-corrected chi connectivity index (χ2v) is 9.27. The molecule has 0 radical (unpaired) electrons. The zero-order valence-corrected chi connectivity index (χ0v) is 19.7. The first-order chi connectivity index (χ1) is 17.2. The second kappa shape index (κ2) is 10.5. The van der Waals surface area contributed by atoms with Gasteiger partial charge in [0.15, 0.2) is 0 Å². The fourth-order valence-corrected chi connectivity index (χ4v) is 5.34. The van der Waals surface area contributed by atoms with Crippen LogP contribution in [0.15, 0.2) is 121 Å². The van der Waals surface area contributed by atoms with Crippen molar-refractivity contribution in [3.8, 4) is 0 Å². The van der Waals surface area contributed by atoms with E-state index in [0.717, 1.165) is 22.3 Å². The lowest BCUT2D eigenvalue weighted by atomic mass is 9.79. The minimum atomic E-state index is -0.699. The van der Waals surface area contributed by atoms with Gasteiger partial charge >= 0.3 is 0 Å². The summed E-state index contributed by atoms with van der Waals surface area (Å²) in [5.41, 5.74) is 4.27. The number of rotatable bonds is 7. The molecule has 1 amide bonds. The summed E-state index contributed by atoms with van der Waals surface area (Å²) < 4.78 is 0. The minimum Gasteiger partial charge on any atom is -0.333 e. The van der Waals surface area contributed by atoms with Crippen LogP contribution in [0.4, 0.5) is 0 Å². The van der Waals surface area contributed by atoms with Crippen molar-refractivity contribution in [1.29, 1.82) is 0 Å². The summed E-state index contributed by atoms with van der Waals surface area (Å²) in [6, 6.07) is 40.2. The fourth-order valence-electron chi connectivity index (χ4n) is 5.34. The Hall–Kier alpha value is -3.98. The van der Waals surface area contributed by atoms with E-state index in [-0.39, 0.29) is 23.5 Å². The van der Waals surface area contributed by atoms with Crippen LogP contribution in [0.3, 0.4) is 0 Å². The van der Waals surface area contributed by atoms with Crippen LogP contribution in [0.5, 0.6) is 0 Å². The van der Waals surface area contributed by atoms with Crippen molar-refractivity contribution >= 4 is 11.7 Å². The Labute approximate surface area is 207 Å². The summed E-state index contributed by atoms with van der Waals surface area (Å²) >= 11 is 0. The van der Waals surface area contributed by atoms with Gasteiger partial charge in [-0.25, -0.2) is 0 Å². The van der Waals surface area contributed by atoms with Gasteiger partial charge in [0.05, 0.1) is 0 Å². The number of Topliss-reactive ketones (excluding diaryl/α,β-unsaturated/α-hetero) is 1. The Morgan fingerprint density at radius 3 is 1.54 bits per heavy atom. The zero-order valence-electron chi connectivity index (χ0n) is 19.7. The molecule has 3 atom stereocenters. The first-order valence-corrected chi connectivity index (χ1v) is 12.2. The van der Waals surface area contributed by atoms with Crippen LogP contribution >= 0.6 is 0 Å². The van der Waals surface area contributed by atoms with E-state index >= 15 is 0 Å². The Kier molecular flexibility index (Phi) is 6.85. The molecule has 1 aliphatic carbocycles. The molecule has 3 heteroatoms. The maximum Gasteiger partial charge on any atom is 0.234 e. The summed E-state index contributed by atoms with van der Waals surface area (Å²) in [6.07, 6.45) is 0.379. The molecule has 1 saturated carbocycles. The number of carbonyl (C=O) groups is 2. The first-order valence-electron chi connectivity index (χ1n) is 12.2. The molecule has 1 fully saturated rings. The molecule has 0 N–H and O–H groups in total. The third-order valence-corrected chi connectivity index (χ3v) is 6.98. The van der Waals surface area contributed by atoms with Crippen LogP contribution in [-0.2, 0) is 22.7 Å². The quantitative estimate of drug-likeness (QED) is 0.301. The Bertz CT molecular complexity index is 1210. The molecule has 4 aromatic carbocycles. The molecule has 0 bridgehead atoms. The molecule has 1 aliphatic rings. The third-order valence-electron chi connectivity index (χ3n) is 6.98. The number of benzene rings is 4. The van der Waals surface area contributed by atoms with Gasteiger partial charge in [-0.3, -0.25) is 9.59 Å². The van der Waals surface area contributed by atoms with E-state index in [1.807, 2.05) is 102 Å². The van der Waals surface area contributed by atoms with Gasteiger partial charge in [-0.1, -0.05) is 121 Å². The van der Waals surface area contributed by atoms with Crippen LogP contribution in [0.2, 0.25) is 0 Å². The standard InChI is InChI=1S/C32H29NO2/c34-29-21-28(26-17-9-3-10-18-26)30(27-19-11-4-12-20-27)31(29)32(35)33(22-24-13-5-1-6-14-24)23-25-15-7-2-8-16-25/h1-20,28,30-31H,21-23H2/t28-,30-,31-/m1/s1. The summed E-state index contributed by atoms with van der Waals surface area (Å²) in [5.74, 6) is -0.961. The lowest BCUT2D eigenvalue weighted by molar-refractivity contribution is -0.141. The highest BCUT2D eigenvalue weighted by atomic mass is 16.2. The molecular weight excluding hydrogens is 430 g/mol. The van der Waals surface area contributed by atoms with Crippen molar-refractivity contribution in [2.45, 2.75) is 31.3 Å². The van der Waals surface area contributed by atoms with Gasteiger partial charge in [0.2, 0.25) is 5.91 Å². The number of amides is 1. The highest BCUT2D eigenvalue weighted by Crippen LogP contribution is 2.48. The van der Waals surface area contributed by atoms with Crippen LogP contribution in [0.1, 0.15) is 40.5 Å². The number of ketones is 1. The van der Waals surface area contributed by atoms with E-state index < -0.39 is 5.92 Å². The second-order valence-electron chi connectivity index (χ2n) is 9.27. The SMILES string of the molecule is O=C1C[C@H](c2ccccc2)[C@@H](c2ccccc2)[C@@H]1C(=O)N(Cc1ccccc1)Cc1ccccc1. The highest BCUT2D eigenvalue weighted by molar-refractivity contribution is 6.04. The molecule has 0 saturated heterocycles. The summed E-state index contributed by atoms with van der Waals surface area (Å²) in [4.78, 5) is 29.6. The highest BCUT2D eigenvalue weighted by Gasteiger charge is 2.48. The lowest BCUT2D eigenvalue weighted by Crippen LogP contribution is -2.39. The Morgan fingerprint density at radius 2 is 1.06 bits per heavy atom. The fraction of sp³-hybridized carbons (Fsp3) is 0.188. The maximum absolute atomic E-state index is 14.2. The lowest BCUT2D eigenvalue weighted by Gasteiger charge is -2.30.